The van der Waals surface area contributed by atoms with Gasteiger partial charge in [0, 0.05) is 7.05 Å². The van der Waals surface area contributed by atoms with Crippen LogP contribution in [0.15, 0.2) is 0 Å². The lowest BCUT2D eigenvalue weighted by atomic mass is 10.0. The first-order chi connectivity index (χ1) is 7.04. The van der Waals surface area contributed by atoms with Crippen molar-refractivity contribution in [2.75, 3.05) is 13.6 Å². The molecule has 5 nitrogen and oxygen atoms in total. The second kappa shape index (κ2) is 5.11. The summed E-state index contributed by atoms with van der Waals surface area (Å²) in [6.45, 7) is 2.36. The quantitative estimate of drug-likeness (QED) is 0.697. The molecule has 2 atom stereocenters. The van der Waals surface area contributed by atoms with E-state index in [1.54, 1.807) is 0 Å². The van der Waals surface area contributed by atoms with Crippen LogP contribution in [0.25, 0.3) is 0 Å². The number of nitrogens with one attached hydrogen (secondary N) is 1. The van der Waals surface area contributed by atoms with Crippen molar-refractivity contribution in [3.8, 4) is 0 Å². The van der Waals surface area contributed by atoms with E-state index in [4.69, 9.17) is 5.11 Å². The summed E-state index contributed by atoms with van der Waals surface area (Å²) in [5, 5.41) is 11.9. The van der Waals surface area contributed by atoms with Crippen molar-refractivity contribution in [1.82, 2.24) is 10.2 Å². The second-order valence-electron chi connectivity index (χ2n) is 3.97. The first-order valence-electron chi connectivity index (χ1n) is 5.27. The third-order valence-electron chi connectivity index (χ3n) is 2.89. The summed E-state index contributed by atoms with van der Waals surface area (Å²) < 4.78 is 0. The van der Waals surface area contributed by atoms with Crippen LogP contribution in [-0.4, -0.2) is 47.6 Å². The molecule has 5 heteroatoms. The Morgan fingerprint density at radius 1 is 1.47 bits per heavy atom. The van der Waals surface area contributed by atoms with E-state index in [-0.39, 0.29) is 11.9 Å². The monoisotopic (exact) mass is 214 g/mol. The van der Waals surface area contributed by atoms with Crippen molar-refractivity contribution in [2.24, 2.45) is 0 Å². The number of piperidine rings is 1. The molecule has 1 aliphatic rings. The second-order valence-corrected chi connectivity index (χ2v) is 3.97. The third kappa shape index (κ3) is 2.92. The van der Waals surface area contributed by atoms with E-state index >= 15 is 0 Å². The van der Waals surface area contributed by atoms with Crippen LogP contribution in [0.3, 0.4) is 0 Å². The van der Waals surface area contributed by atoms with Gasteiger partial charge in [-0.05, 0) is 26.3 Å². The topological polar surface area (TPSA) is 69.6 Å². The molecular formula is C10H18N2O3. The van der Waals surface area contributed by atoms with Crippen LogP contribution in [0.1, 0.15) is 26.2 Å². The molecule has 1 fully saturated rings. The molecule has 1 unspecified atom stereocenters. The number of hydrogen-bond donors (Lipinski definition) is 2. The standard InChI is InChI=1S/C10H18N2O3/c1-7(10(14)15)12(2)9(13)8-5-3-4-6-11-8/h7-8,11H,3-6H2,1-2H3,(H,14,15)/t7?,8-/m1/s1. The fourth-order valence-corrected chi connectivity index (χ4v) is 1.66. The average molecular weight is 214 g/mol. The summed E-state index contributed by atoms with van der Waals surface area (Å²) >= 11 is 0. The highest BCUT2D eigenvalue weighted by Gasteiger charge is 2.28. The Hall–Kier alpha value is -1.10. The van der Waals surface area contributed by atoms with E-state index in [1.807, 2.05) is 0 Å². The SMILES string of the molecule is CC(C(=O)O)N(C)C(=O)[C@H]1CCCCN1. The molecule has 0 aliphatic carbocycles. The minimum Gasteiger partial charge on any atom is -0.480 e. The molecule has 2 N–H and O–H groups in total. The Morgan fingerprint density at radius 3 is 2.60 bits per heavy atom. The van der Waals surface area contributed by atoms with Crippen LogP contribution in [0, 0.1) is 0 Å². The Labute approximate surface area is 89.4 Å². The molecule has 86 valence electrons. The molecule has 0 aromatic rings. The Morgan fingerprint density at radius 2 is 2.13 bits per heavy atom. The van der Waals surface area contributed by atoms with E-state index in [0.717, 1.165) is 25.8 Å². The van der Waals surface area contributed by atoms with E-state index in [1.165, 1.54) is 18.9 Å². The predicted molar refractivity (Wildman–Crippen MR) is 55.5 cm³/mol. The molecule has 0 bridgehead atoms. The number of hydrogen-bond acceptors (Lipinski definition) is 3. The predicted octanol–water partition coefficient (Wildman–Crippen LogP) is 0.0600. The molecule has 1 amide bonds. The number of nitrogens with zero attached hydrogens (tertiary/aromatic N) is 1. The highest BCUT2D eigenvalue weighted by atomic mass is 16.4. The highest BCUT2D eigenvalue weighted by Crippen LogP contribution is 2.10. The average Bonchev–Trinajstić information content (AvgIpc) is 2.27. The minimum absolute atomic E-state index is 0.121. The van der Waals surface area contributed by atoms with Gasteiger partial charge in [0.15, 0.2) is 0 Å². The minimum atomic E-state index is -0.971. The van der Waals surface area contributed by atoms with Crippen molar-refractivity contribution in [3.05, 3.63) is 0 Å². The number of likely N-dealkylation sites (N-methyl/N-ethyl adjacent to an activating group) is 1. The number of amides is 1. The van der Waals surface area contributed by atoms with Crippen molar-refractivity contribution in [2.45, 2.75) is 38.3 Å². The van der Waals surface area contributed by atoms with E-state index in [0.29, 0.717) is 0 Å². The molecule has 1 rings (SSSR count). The first kappa shape index (κ1) is 12.0. The van der Waals surface area contributed by atoms with E-state index < -0.39 is 12.0 Å². The van der Waals surface area contributed by atoms with Gasteiger partial charge in [0.25, 0.3) is 0 Å². The smallest absolute Gasteiger partial charge is 0.326 e. The molecule has 1 heterocycles. The Balaban J connectivity index is 2.54. The molecule has 15 heavy (non-hydrogen) atoms. The number of carbonyl (C=O) groups excluding carboxylic acids is 1. The van der Waals surface area contributed by atoms with Gasteiger partial charge in [-0.15, -0.1) is 0 Å². The van der Waals surface area contributed by atoms with Crippen LogP contribution in [-0.2, 0) is 9.59 Å². The number of aliphatic carboxylic acids is 1. The Kier molecular flexibility index (Phi) is 4.08. The maximum absolute atomic E-state index is 11.8. The van der Waals surface area contributed by atoms with Gasteiger partial charge in [-0.1, -0.05) is 6.42 Å². The molecule has 1 saturated heterocycles. The molecule has 0 aromatic heterocycles. The van der Waals surface area contributed by atoms with Crippen LogP contribution in [0.5, 0.6) is 0 Å². The van der Waals surface area contributed by atoms with Gasteiger partial charge in [-0.2, -0.15) is 0 Å². The number of rotatable bonds is 3. The normalized spacial score (nSPS) is 23.2. The fourth-order valence-electron chi connectivity index (χ4n) is 1.66. The summed E-state index contributed by atoms with van der Waals surface area (Å²) in [4.78, 5) is 23.9. The molecule has 0 radical (unpaired) electrons. The molecular weight excluding hydrogens is 196 g/mol. The summed E-state index contributed by atoms with van der Waals surface area (Å²) in [5.74, 6) is -1.09. The zero-order valence-electron chi connectivity index (χ0n) is 9.19. The lowest BCUT2D eigenvalue weighted by Gasteiger charge is -2.29. The summed E-state index contributed by atoms with van der Waals surface area (Å²) in [6, 6.07) is -0.966. The molecule has 0 spiro atoms. The van der Waals surface area contributed by atoms with Crippen molar-refractivity contribution in [1.29, 1.82) is 0 Å². The largest absolute Gasteiger partial charge is 0.480 e. The van der Waals surface area contributed by atoms with Gasteiger partial charge in [-0.25, -0.2) is 4.79 Å². The highest BCUT2D eigenvalue weighted by molar-refractivity contribution is 5.86. The van der Waals surface area contributed by atoms with Gasteiger partial charge in [0.1, 0.15) is 6.04 Å². The molecule has 0 saturated carbocycles. The summed E-state index contributed by atoms with van der Waals surface area (Å²) in [7, 11) is 1.54. The fraction of sp³-hybridized carbons (Fsp3) is 0.800. The molecule has 0 aromatic carbocycles. The number of carbonyl (C=O) groups is 2. The van der Waals surface area contributed by atoms with Gasteiger partial charge in [0.2, 0.25) is 5.91 Å². The van der Waals surface area contributed by atoms with Gasteiger partial charge >= 0.3 is 5.97 Å². The van der Waals surface area contributed by atoms with E-state index in [9.17, 15) is 9.59 Å². The lowest BCUT2D eigenvalue weighted by Crippen LogP contribution is -2.51. The number of carboxylic acid groups (broad SMARTS) is 1. The van der Waals surface area contributed by atoms with Gasteiger partial charge < -0.3 is 15.3 Å². The van der Waals surface area contributed by atoms with Crippen molar-refractivity contribution in [3.63, 3.8) is 0 Å². The van der Waals surface area contributed by atoms with E-state index in [2.05, 4.69) is 5.32 Å². The van der Waals surface area contributed by atoms with Gasteiger partial charge in [0.05, 0.1) is 6.04 Å². The zero-order chi connectivity index (χ0) is 11.4. The first-order valence-corrected chi connectivity index (χ1v) is 5.27. The maximum Gasteiger partial charge on any atom is 0.326 e. The number of carboxylic acids is 1. The summed E-state index contributed by atoms with van der Waals surface area (Å²) in [6.07, 6.45) is 2.91. The summed E-state index contributed by atoms with van der Waals surface area (Å²) in [5.41, 5.74) is 0. The van der Waals surface area contributed by atoms with Crippen LogP contribution in [0.2, 0.25) is 0 Å². The Bertz CT molecular complexity index is 249. The lowest BCUT2D eigenvalue weighted by molar-refractivity contribution is -0.149. The molecule has 1 aliphatic heterocycles. The van der Waals surface area contributed by atoms with Crippen LogP contribution < -0.4 is 5.32 Å². The van der Waals surface area contributed by atoms with Crippen molar-refractivity contribution < 1.29 is 14.7 Å². The van der Waals surface area contributed by atoms with Gasteiger partial charge in [-0.3, -0.25) is 4.79 Å². The van der Waals surface area contributed by atoms with Crippen LogP contribution >= 0.6 is 0 Å². The third-order valence-corrected chi connectivity index (χ3v) is 2.89. The zero-order valence-corrected chi connectivity index (χ0v) is 9.19. The van der Waals surface area contributed by atoms with Crippen molar-refractivity contribution >= 4 is 11.9 Å². The maximum atomic E-state index is 11.8. The van der Waals surface area contributed by atoms with Crippen LogP contribution in [0.4, 0.5) is 0 Å².